The van der Waals surface area contributed by atoms with Crippen LogP contribution in [0.2, 0.25) is 5.02 Å². The Morgan fingerprint density at radius 1 is 1.25 bits per heavy atom. The van der Waals surface area contributed by atoms with E-state index in [9.17, 15) is 0 Å². The highest BCUT2D eigenvalue weighted by molar-refractivity contribution is 6.31. The van der Waals surface area contributed by atoms with Crippen LogP contribution in [0.5, 0.6) is 0 Å². The monoisotopic (exact) mass is 287 g/mol. The summed E-state index contributed by atoms with van der Waals surface area (Å²) >= 11 is 6.43. The van der Waals surface area contributed by atoms with Gasteiger partial charge in [0.05, 0.1) is 23.0 Å². The lowest BCUT2D eigenvalue weighted by Crippen LogP contribution is -2.05. The minimum absolute atomic E-state index is 0.745. The molecule has 4 heteroatoms. The molecular weight excluding hydrogens is 270 g/mol. The molecule has 0 radical (unpaired) electrons. The molecule has 2 aromatic heterocycles. The first-order valence-electron chi connectivity index (χ1n) is 6.86. The van der Waals surface area contributed by atoms with Gasteiger partial charge in [-0.15, -0.1) is 0 Å². The molecule has 104 valence electrons. The van der Waals surface area contributed by atoms with Crippen molar-refractivity contribution in [3.8, 4) is 0 Å². The molecule has 0 aliphatic rings. The van der Waals surface area contributed by atoms with E-state index in [4.69, 9.17) is 11.6 Å². The van der Waals surface area contributed by atoms with Crippen LogP contribution in [0.1, 0.15) is 23.9 Å². The molecule has 0 aliphatic heterocycles. The van der Waals surface area contributed by atoms with Crippen LogP contribution in [0.3, 0.4) is 0 Å². The molecule has 0 atom stereocenters. The van der Waals surface area contributed by atoms with Gasteiger partial charge in [-0.2, -0.15) is 5.10 Å². The predicted octanol–water partition coefficient (Wildman–Crippen LogP) is 3.95. The van der Waals surface area contributed by atoms with Crippen molar-refractivity contribution in [2.75, 3.05) is 0 Å². The number of hydrogen-bond acceptors (Lipinski definition) is 1. The van der Waals surface area contributed by atoms with E-state index >= 15 is 0 Å². The zero-order valence-corrected chi connectivity index (χ0v) is 12.8. The number of hydrogen-bond donors (Lipinski definition) is 0. The molecular formula is C16H18ClN3. The van der Waals surface area contributed by atoms with E-state index in [1.165, 1.54) is 16.5 Å². The maximum Gasteiger partial charge on any atom is 0.0868 e. The summed E-state index contributed by atoms with van der Waals surface area (Å²) in [6.45, 7) is 4.93. The Morgan fingerprint density at radius 3 is 2.75 bits per heavy atom. The van der Waals surface area contributed by atoms with Crippen LogP contribution < -0.4 is 0 Å². The largest absolute Gasteiger partial charge is 0.341 e. The lowest BCUT2D eigenvalue weighted by molar-refractivity contribution is 0.670. The Kier molecular flexibility index (Phi) is 3.30. The number of nitrogens with zero attached hydrogens (tertiary/aromatic N) is 3. The zero-order valence-electron chi connectivity index (χ0n) is 12.0. The van der Waals surface area contributed by atoms with E-state index in [1.54, 1.807) is 0 Å². The van der Waals surface area contributed by atoms with E-state index in [0.717, 1.165) is 29.4 Å². The second-order valence-corrected chi connectivity index (χ2v) is 5.57. The van der Waals surface area contributed by atoms with E-state index in [1.807, 2.05) is 11.7 Å². The van der Waals surface area contributed by atoms with E-state index in [-0.39, 0.29) is 0 Å². The van der Waals surface area contributed by atoms with E-state index in [2.05, 4.69) is 54.0 Å². The topological polar surface area (TPSA) is 22.8 Å². The van der Waals surface area contributed by atoms with Crippen molar-refractivity contribution in [1.29, 1.82) is 0 Å². The van der Waals surface area contributed by atoms with Gasteiger partial charge in [-0.05, 0) is 36.9 Å². The van der Waals surface area contributed by atoms with Gasteiger partial charge < -0.3 is 4.57 Å². The molecule has 0 N–H and O–H groups in total. The fraction of sp³-hybridized carbons (Fsp3) is 0.312. The summed E-state index contributed by atoms with van der Waals surface area (Å²) in [7, 11) is 1.95. The molecule has 0 amide bonds. The van der Waals surface area contributed by atoms with Gasteiger partial charge in [0.25, 0.3) is 0 Å². The maximum atomic E-state index is 6.43. The Hall–Kier alpha value is -1.74. The fourth-order valence-electron chi connectivity index (χ4n) is 2.61. The van der Waals surface area contributed by atoms with Gasteiger partial charge in [-0.3, -0.25) is 4.68 Å². The predicted molar refractivity (Wildman–Crippen MR) is 83.4 cm³/mol. The molecule has 20 heavy (non-hydrogen) atoms. The van der Waals surface area contributed by atoms with Crippen molar-refractivity contribution in [3.63, 3.8) is 0 Å². The smallest absolute Gasteiger partial charge is 0.0868 e. The molecule has 3 nitrogen and oxygen atoms in total. The Morgan fingerprint density at radius 2 is 2.05 bits per heavy atom. The molecule has 0 bridgehead atoms. The number of fused-ring (bicyclic) bond motifs is 1. The van der Waals surface area contributed by atoms with Gasteiger partial charge in [0, 0.05) is 18.8 Å². The fourth-order valence-corrected chi connectivity index (χ4v) is 2.96. The van der Waals surface area contributed by atoms with Gasteiger partial charge in [-0.25, -0.2) is 0 Å². The Bertz CT molecular complexity index is 767. The van der Waals surface area contributed by atoms with E-state index in [0.29, 0.717) is 0 Å². The summed E-state index contributed by atoms with van der Waals surface area (Å²) < 4.78 is 4.11. The average Bonchev–Trinajstić information content (AvgIpc) is 2.94. The highest BCUT2D eigenvalue weighted by atomic mass is 35.5. The molecule has 3 aromatic rings. The molecule has 0 saturated heterocycles. The van der Waals surface area contributed by atoms with Gasteiger partial charge in [0.2, 0.25) is 0 Å². The van der Waals surface area contributed by atoms with Crippen molar-refractivity contribution in [3.05, 3.63) is 52.4 Å². The normalized spacial score (nSPS) is 11.4. The third-order valence-electron chi connectivity index (χ3n) is 3.75. The first-order chi connectivity index (χ1) is 9.60. The summed E-state index contributed by atoms with van der Waals surface area (Å²) in [5, 5.41) is 6.53. The van der Waals surface area contributed by atoms with Gasteiger partial charge >= 0.3 is 0 Å². The molecule has 3 rings (SSSR count). The minimum Gasteiger partial charge on any atom is -0.341 e. The van der Waals surface area contributed by atoms with Crippen molar-refractivity contribution in [2.24, 2.45) is 7.05 Å². The third kappa shape index (κ3) is 2.12. The lowest BCUT2D eigenvalue weighted by atomic mass is 10.2. The second-order valence-electron chi connectivity index (χ2n) is 5.19. The maximum absolute atomic E-state index is 6.43. The minimum atomic E-state index is 0.745. The summed E-state index contributed by atoms with van der Waals surface area (Å²) in [4.78, 5) is 0. The van der Waals surface area contributed by atoms with Crippen LogP contribution in [-0.4, -0.2) is 14.3 Å². The van der Waals surface area contributed by atoms with Gasteiger partial charge in [0.1, 0.15) is 0 Å². The van der Waals surface area contributed by atoms with Gasteiger partial charge in [0.15, 0.2) is 0 Å². The summed E-state index contributed by atoms with van der Waals surface area (Å²) in [6, 6.07) is 8.65. The summed E-state index contributed by atoms with van der Waals surface area (Å²) in [5.74, 6) is 0. The first-order valence-corrected chi connectivity index (χ1v) is 7.23. The average molecular weight is 288 g/mol. The molecule has 0 spiro atoms. The van der Waals surface area contributed by atoms with Gasteiger partial charge in [-0.1, -0.05) is 30.2 Å². The van der Waals surface area contributed by atoms with Crippen LogP contribution in [0.4, 0.5) is 0 Å². The Labute approximate surface area is 123 Å². The van der Waals surface area contributed by atoms with Crippen molar-refractivity contribution in [1.82, 2.24) is 14.3 Å². The highest BCUT2D eigenvalue weighted by Gasteiger charge is 2.14. The van der Waals surface area contributed by atoms with E-state index < -0.39 is 0 Å². The zero-order chi connectivity index (χ0) is 14.3. The van der Waals surface area contributed by atoms with Crippen LogP contribution in [0, 0.1) is 6.92 Å². The Balaban J connectivity index is 2.03. The number of halogens is 1. The summed E-state index contributed by atoms with van der Waals surface area (Å²) in [5.41, 5.74) is 4.53. The molecule has 0 saturated carbocycles. The van der Waals surface area contributed by atoms with Crippen molar-refractivity contribution < 1.29 is 0 Å². The number of benzene rings is 1. The SMILES string of the molecule is CCc1nn(C)c(Cn2ccc3cc(C)ccc32)c1Cl. The number of aryl methyl sites for hydroxylation is 3. The molecule has 0 fully saturated rings. The van der Waals surface area contributed by atoms with Crippen LogP contribution >= 0.6 is 11.6 Å². The van der Waals surface area contributed by atoms with Crippen molar-refractivity contribution in [2.45, 2.75) is 26.8 Å². The van der Waals surface area contributed by atoms with Crippen molar-refractivity contribution >= 4 is 22.5 Å². The lowest BCUT2D eigenvalue weighted by Gasteiger charge is -2.07. The summed E-state index contributed by atoms with van der Waals surface area (Å²) in [6.07, 6.45) is 2.97. The van der Waals surface area contributed by atoms with Crippen LogP contribution in [-0.2, 0) is 20.0 Å². The molecule has 0 aliphatic carbocycles. The molecule has 1 aromatic carbocycles. The second kappa shape index (κ2) is 4.98. The highest BCUT2D eigenvalue weighted by Crippen LogP contribution is 2.24. The standard InChI is InChI=1S/C16H18ClN3/c1-4-13-16(17)15(19(3)18-13)10-20-8-7-12-9-11(2)5-6-14(12)20/h5-9H,4,10H2,1-3H3. The first kappa shape index (κ1) is 13.3. The number of aromatic nitrogens is 3. The quantitative estimate of drug-likeness (QED) is 0.715. The molecule has 0 unspecified atom stereocenters. The van der Waals surface area contributed by atoms with Crippen LogP contribution in [0.15, 0.2) is 30.5 Å². The van der Waals surface area contributed by atoms with Crippen LogP contribution in [0.25, 0.3) is 10.9 Å². The number of rotatable bonds is 3. The third-order valence-corrected chi connectivity index (χ3v) is 4.19. The molecule has 2 heterocycles.